The van der Waals surface area contributed by atoms with Crippen molar-refractivity contribution in [3.63, 3.8) is 0 Å². The molecule has 0 aromatic carbocycles. The molecule has 2 saturated heterocycles. The number of halogens is 1. The number of carbonyl (C=O) groups excluding carboxylic acids is 1. The summed E-state index contributed by atoms with van der Waals surface area (Å²) in [6.45, 7) is 7.68. The van der Waals surface area contributed by atoms with E-state index in [4.69, 9.17) is 16.3 Å². The van der Waals surface area contributed by atoms with Gasteiger partial charge in [0.05, 0.1) is 28.4 Å². The summed E-state index contributed by atoms with van der Waals surface area (Å²) in [5, 5.41) is 10.8. The predicted molar refractivity (Wildman–Crippen MR) is 96.7 cm³/mol. The average Bonchev–Trinajstić information content (AvgIpc) is 2.53. The first-order valence-corrected chi connectivity index (χ1v) is 9.32. The van der Waals surface area contributed by atoms with E-state index in [-0.39, 0.29) is 29.1 Å². The minimum absolute atomic E-state index is 0.00614. The Labute approximate surface area is 154 Å². The lowest BCUT2D eigenvalue weighted by Crippen LogP contribution is -2.55. The van der Waals surface area contributed by atoms with Crippen LogP contribution in [-0.4, -0.2) is 51.8 Å². The molecule has 1 aromatic heterocycles. The van der Waals surface area contributed by atoms with Gasteiger partial charge in [-0.15, -0.1) is 0 Å². The van der Waals surface area contributed by atoms with Gasteiger partial charge in [-0.3, -0.25) is 9.78 Å². The lowest BCUT2D eigenvalue weighted by atomic mass is 9.76. The van der Waals surface area contributed by atoms with E-state index >= 15 is 0 Å². The van der Waals surface area contributed by atoms with Gasteiger partial charge in [-0.25, -0.2) is 0 Å². The molecule has 3 heterocycles. The molecule has 1 amide bonds. The fourth-order valence-electron chi connectivity index (χ4n) is 3.84. The van der Waals surface area contributed by atoms with Crippen LogP contribution in [0, 0.1) is 5.41 Å². The average molecular weight is 367 g/mol. The topological polar surface area (TPSA) is 62.7 Å². The standard InChI is InChI=1S/C19H27ClN2O3/c1-18(2,3)16-9-15(23)10-19(25-16)4-6-22(7-5-19)17(24)13-8-14(20)12-21-11-13/h8,11-12,15-16,23H,4-7,9-10H2,1-3H3/t15-,16-/m1/s1. The van der Waals surface area contributed by atoms with E-state index < -0.39 is 0 Å². The van der Waals surface area contributed by atoms with Crippen molar-refractivity contribution in [2.24, 2.45) is 5.41 Å². The van der Waals surface area contributed by atoms with E-state index in [1.54, 1.807) is 12.3 Å². The molecule has 1 spiro atoms. The largest absolute Gasteiger partial charge is 0.393 e. The van der Waals surface area contributed by atoms with E-state index in [2.05, 4.69) is 25.8 Å². The molecule has 5 nitrogen and oxygen atoms in total. The Morgan fingerprint density at radius 3 is 2.64 bits per heavy atom. The Morgan fingerprint density at radius 2 is 2.04 bits per heavy atom. The molecule has 2 aliphatic heterocycles. The Kier molecular flexibility index (Phi) is 5.11. The smallest absolute Gasteiger partial charge is 0.255 e. The summed E-state index contributed by atoms with van der Waals surface area (Å²) >= 11 is 5.94. The zero-order valence-electron chi connectivity index (χ0n) is 15.2. The number of carbonyl (C=O) groups is 1. The maximum absolute atomic E-state index is 12.6. The van der Waals surface area contributed by atoms with Gasteiger partial charge in [0.2, 0.25) is 0 Å². The van der Waals surface area contributed by atoms with Crippen molar-refractivity contribution in [1.29, 1.82) is 0 Å². The number of hydrogen-bond donors (Lipinski definition) is 1. The van der Waals surface area contributed by atoms with E-state index in [1.165, 1.54) is 6.20 Å². The van der Waals surface area contributed by atoms with Crippen LogP contribution in [-0.2, 0) is 4.74 Å². The third-order valence-electron chi connectivity index (χ3n) is 5.37. The van der Waals surface area contributed by atoms with Crippen LogP contribution in [0.2, 0.25) is 5.02 Å². The van der Waals surface area contributed by atoms with Gasteiger partial charge in [-0.2, -0.15) is 0 Å². The summed E-state index contributed by atoms with van der Waals surface area (Å²) in [7, 11) is 0. The normalized spacial score (nSPS) is 26.7. The van der Waals surface area contributed by atoms with E-state index in [1.807, 2.05) is 4.90 Å². The zero-order valence-corrected chi connectivity index (χ0v) is 15.9. The Hall–Kier alpha value is -1.17. The minimum atomic E-state index is -0.336. The van der Waals surface area contributed by atoms with Crippen LogP contribution < -0.4 is 0 Å². The molecule has 0 radical (unpaired) electrons. The molecule has 138 valence electrons. The van der Waals surface area contributed by atoms with Gasteiger partial charge < -0.3 is 14.7 Å². The monoisotopic (exact) mass is 366 g/mol. The van der Waals surface area contributed by atoms with E-state index in [9.17, 15) is 9.90 Å². The second-order valence-corrected chi connectivity index (χ2v) is 8.87. The number of hydrogen-bond acceptors (Lipinski definition) is 4. The Bertz CT molecular complexity index is 636. The molecular formula is C19H27ClN2O3. The molecule has 25 heavy (non-hydrogen) atoms. The molecule has 3 rings (SSSR count). The van der Waals surface area contributed by atoms with Gasteiger partial charge >= 0.3 is 0 Å². The van der Waals surface area contributed by atoms with Gasteiger partial charge in [0.1, 0.15) is 0 Å². The van der Waals surface area contributed by atoms with Crippen molar-refractivity contribution < 1.29 is 14.6 Å². The second kappa shape index (κ2) is 6.86. The summed E-state index contributed by atoms with van der Waals surface area (Å²) in [6.07, 6.45) is 5.60. The third-order valence-corrected chi connectivity index (χ3v) is 5.57. The van der Waals surface area contributed by atoms with Gasteiger partial charge in [-0.1, -0.05) is 32.4 Å². The molecule has 1 aromatic rings. The van der Waals surface area contributed by atoms with Crippen molar-refractivity contribution in [3.8, 4) is 0 Å². The molecule has 0 bridgehead atoms. The minimum Gasteiger partial charge on any atom is -0.393 e. The second-order valence-electron chi connectivity index (χ2n) is 8.43. The highest BCUT2D eigenvalue weighted by Crippen LogP contribution is 2.42. The van der Waals surface area contributed by atoms with Crippen LogP contribution in [0.5, 0.6) is 0 Å². The van der Waals surface area contributed by atoms with E-state index in [0.717, 1.165) is 12.8 Å². The number of aliphatic hydroxyl groups excluding tert-OH is 1. The number of piperidine rings is 1. The highest BCUT2D eigenvalue weighted by atomic mass is 35.5. The number of aliphatic hydroxyl groups is 1. The number of aromatic nitrogens is 1. The predicted octanol–water partition coefficient (Wildman–Crippen LogP) is 3.30. The van der Waals surface area contributed by atoms with Crippen LogP contribution in [0.4, 0.5) is 0 Å². The van der Waals surface area contributed by atoms with Crippen molar-refractivity contribution in [2.45, 2.75) is 64.3 Å². The van der Waals surface area contributed by atoms with Gasteiger partial charge in [-0.05, 0) is 24.3 Å². The fourth-order valence-corrected chi connectivity index (χ4v) is 4.01. The summed E-state index contributed by atoms with van der Waals surface area (Å²) < 4.78 is 6.47. The lowest BCUT2D eigenvalue weighted by Gasteiger charge is -2.50. The number of amides is 1. The van der Waals surface area contributed by atoms with Gasteiger partial charge in [0.15, 0.2) is 0 Å². The first kappa shape index (κ1) is 18.6. The molecule has 0 unspecified atom stereocenters. The Morgan fingerprint density at radius 1 is 1.36 bits per heavy atom. The molecule has 2 atom stereocenters. The molecule has 6 heteroatoms. The van der Waals surface area contributed by atoms with Gasteiger partial charge in [0, 0.05) is 38.3 Å². The van der Waals surface area contributed by atoms with Crippen molar-refractivity contribution in [1.82, 2.24) is 9.88 Å². The summed E-state index contributed by atoms with van der Waals surface area (Å²) in [5.41, 5.74) is 0.188. The molecule has 2 aliphatic rings. The SMILES string of the molecule is CC(C)(C)[C@H]1C[C@@H](O)CC2(CCN(C(=O)c3cncc(Cl)c3)CC2)O1. The van der Waals surface area contributed by atoms with Crippen LogP contribution in [0.25, 0.3) is 0 Å². The maximum Gasteiger partial charge on any atom is 0.255 e. The summed E-state index contributed by atoms with van der Waals surface area (Å²) in [6, 6.07) is 1.65. The quantitative estimate of drug-likeness (QED) is 0.828. The maximum atomic E-state index is 12.6. The van der Waals surface area contributed by atoms with Crippen molar-refractivity contribution in [3.05, 3.63) is 29.0 Å². The number of pyridine rings is 1. The molecular weight excluding hydrogens is 340 g/mol. The highest BCUT2D eigenvalue weighted by Gasteiger charge is 2.46. The molecule has 0 aliphatic carbocycles. The number of rotatable bonds is 1. The van der Waals surface area contributed by atoms with Crippen LogP contribution in [0.15, 0.2) is 18.5 Å². The highest BCUT2D eigenvalue weighted by molar-refractivity contribution is 6.30. The van der Waals surface area contributed by atoms with E-state index in [0.29, 0.717) is 36.5 Å². The summed E-state index contributed by atoms with van der Waals surface area (Å²) in [4.78, 5) is 18.5. The van der Waals surface area contributed by atoms with Crippen LogP contribution >= 0.6 is 11.6 Å². The number of ether oxygens (including phenoxy) is 1. The molecule has 1 N–H and O–H groups in total. The number of likely N-dealkylation sites (tertiary alicyclic amines) is 1. The van der Waals surface area contributed by atoms with Crippen LogP contribution in [0.3, 0.4) is 0 Å². The van der Waals surface area contributed by atoms with Crippen molar-refractivity contribution in [2.75, 3.05) is 13.1 Å². The zero-order chi connectivity index (χ0) is 18.2. The lowest BCUT2D eigenvalue weighted by molar-refractivity contribution is -0.205. The summed E-state index contributed by atoms with van der Waals surface area (Å²) in [5.74, 6) is -0.0476. The first-order chi connectivity index (χ1) is 11.7. The van der Waals surface area contributed by atoms with Crippen LogP contribution in [0.1, 0.15) is 56.8 Å². The first-order valence-electron chi connectivity index (χ1n) is 8.94. The number of nitrogens with zero attached hydrogens (tertiary/aromatic N) is 2. The Balaban J connectivity index is 1.67. The molecule has 0 saturated carbocycles. The van der Waals surface area contributed by atoms with Crippen molar-refractivity contribution >= 4 is 17.5 Å². The molecule has 2 fully saturated rings. The third kappa shape index (κ3) is 4.15. The fraction of sp³-hybridized carbons (Fsp3) is 0.684. The van der Waals surface area contributed by atoms with Gasteiger partial charge in [0.25, 0.3) is 5.91 Å².